The molecule has 3 rings (SSSR count). The number of carbonyl (C=O) groups excluding carboxylic acids is 1. The van der Waals surface area contributed by atoms with Crippen molar-refractivity contribution < 1.29 is 18.7 Å². The van der Waals surface area contributed by atoms with Crippen LogP contribution in [-0.2, 0) is 0 Å². The van der Waals surface area contributed by atoms with Gasteiger partial charge in [-0.25, -0.2) is 4.98 Å². The lowest BCUT2D eigenvalue weighted by molar-refractivity contribution is 0.0527. The van der Waals surface area contributed by atoms with Gasteiger partial charge in [-0.1, -0.05) is 12.8 Å². The molecule has 130 valence electrons. The van der Waals surface area contributed by atoms with Crippen LogP contribution in [0.5, 0.6) is 0 Å². The van der Waals surface area contributed by atoms with Crippen LogP contribution in [-0.4, -0.2) is 33.5 Å². The van der Waals surface area contributed by atoms with Gasteiger partial charge >= 0.3 is 0 Å². The number of amides is 1. The highest BCUT2D eigenvalue weighted by Crippen LogP contribution is 2.28. The minimum absolute atomic E-state index is 0.0371. The fourth-order valence-corrected chi connectivity index (χ4v) is 3.40. The summed E-state index contributed by atoms with van der Waals surface area (Å²) in [6.45, 7) is 4.20. The van der Waals surface area contributed by atoms with Crippen molar-refractivity contribution in [3.63, 3.8) is 0 Å². The first-order chi connectivity index (χ1) is 11.6. The van der Waals surface area contributed by atoms with Crippen molar-refractivity contribution in [3.8, 4) is 0 Å². The highest BCUT2D eigenvalue weighted by molar-refractivity contribution is 5.92. The van der Waals surface area contributed by atoms with E-state index in [2.05, 4.69) is 4.98 Å². The van der Waals surface area contributed by atoms with Gasteiger partial charge in [0.05, 0.1) is 12.0 Å². The summed E-state index contributed by atoms with van der Waals surface area (Å²) in [5.74, 6) is 1.22. The van der Waals surface area contributed by atoms with Gasteiger partial charge in [0.1, 0.15) is 11.9 Å². The van der Waals surface area contributed by atoms with Gasteiger partial charge < -0.3 is 18.8 Å². The molecule has 24 heavy (non-hydrogen) atoms. The summed E-state index contributed by atoms with van der Waals surface area (Å²) in [6.07, 6.45) is 5.27. The van der Waals surface area contributed by atoms with Crippen molar-refractivity contribution in [1.29, 1.82) is 0 Å². The third-order valence-corrected chi connectivity index (χ3v) is 4.60. The van der Waals surface area contributed by atoms with Gasteiger partial charge in [0, 0.05) is 25.9 Å². The molecule has 2 aromatic rings. The van der Waals surface area contributed by atoms with Crippen LogP contribution in [0.3, 0.4) is 0 Å². The van der Waals surface area contributed by atoms with Crippen molar-refractivity contribution in [2.45, 2.75) is 58.1 Å². The molecule has 0 radical (unpaired) electrons. The number of nitrogens with zero attached hydrogens (tertiary/aromatic N) is 2. The van der Waals surface area contributed by atoms with Gasteiger partial charge in [0.15, 0.2) is 5.89 Å². The summed E-state index contributed by atoms with van der Waals surface area (Å²) in [7, 11) is 0. The molecule has 1 fully saturated rings. The minimum Gasteiger partial charge on any atom is -0.467 e. The van der Waals surface area contributed by atoms with Crippen LogP contribution in [0.15, 0.2) is 27.2 Å². The highest BCUT2D eigenvalue weighted by atomic mass is 16.4. The summed E-state index contributed by atoms with van der Waals surface area (Å²) in [4.78, 5) is 19.0. The molecule has 1 amide bonds. The predicted octanol–water partition coefficient (Wildman–Crippen LogP) is 3.39. The van der Waals surface area contributed by atoms with E-state index in [9.17, 15) is 9.90 Å². The number of rotatable bonds is 4. The van der Waals surface area contributed by atoms with E-state index in [0.717, 1.165) is 25.7 Å². The van der Waals surface area contributed by atoms with Gasteiger partial charge in [-0.3, -0.25) is 4.79 Å². The Morgan fingerprint density at radius 3 is 2.92 bits per heavy atom. The van der Waals surface area contributed by atoms with Crippen LogP contribution in [0.2, 0.25) is 0 Å². The Labute approximate surface area is 141 Å². The number of hydrogen-bond donors (Lipinski definition) is 1. The second-order valence-corrected chi connectivity index (χ2v) is 6.42. The quantitative estimate of drug-likeness (QED) is 0.928. The Bertz CT molecular complexity index is 677. The second kappa shape index (κ2) is 7.21. The largest absolute Gasteiger partial charge is 0.467 e. The standard InChI is InChI=1S/C18H24N2O4/c1-12-17(24-13(2)19-12)18(22)20-9-5-3-4-7-14(20)11-15(21)16-8-6-10-23-16/h6,8,10,14-15,21H,3-5,7,9,11H2,1-2H3/t14-,15+/m0/s1. The maximum Gasteiger partial charge on any atom is 0.291 e. The summed E-state index contributed by atoms with van der Waals surface area (Å²) in [6, 6.07) is 3.48. The molecule has 1 aliphatic heterocycles. The van der Waals surface area contributed by atoms with Crippen molar-refractivity contribution in [2.24, 2.45) is 0 Å². The van der Waals surface area contributed by atoms with E-state index in [1.165, 1.54) is 0 Å². The molecule has 2 atom stereocenters. The number of oxazole rings is 1. The molecule has 0 spiro atoms. The Hall–Kier alpha value is -2.08. The molecule has 6 nitrogen and oxygen atoms in total. The second-order valence-electron chi connectivity index (χ2n) is 6.42. The van der Waals surface area contributed by atoms with Gasteiger partial charge in [-0.15, -0.1) is 0 Å². The highest BCUT2D eigenvalue weighted by Gasteiger charge is 2.31. The van der Waals surface area contributed by atoms with Crippen molar-refractivity contribution in [2.75, 3.05) is 6.54 Å². The average molecular weight is 332 g/mol. The normalized spacial score (nSPS) is 20.0. The van der Waals surface area contributed by atoms with Crippen LogP contribution >= 0.6 is 0 Å². The van der Waals surface area contributed by atoms with E-state index in [-0.39, 0.29) is 11.9 Å². The molecule has 3 heterocycles. The smallest absolute Gasteiger partial charge is 0.291 e. The van der Waals surface area contributed by atoms with Crippen molar-refractivity contribution in [1.82, 2.24) is 9.88 Å². The summed E-state index contributed by atoms with van der Waals surface area (Å²) in [5, 5.41) is 10.4. The molecular weight excluding hydrogens is 308 g/mol. The van der Waals surface area contributed by atoms with E-state index in [0.29, 0.717) is 36.1 Å². The monoisotopic (exact) mass is 332 g/mol. The zero-order valence-corrected chi connectivity index (χ0v) is 14.2. The maximum absolute atomic E-state index is 13.0. The first-order valence-corrected chi connectivity index (χ1v) is 8.52. The fraction of sp³-hybridized carbons (Fsp3) is 0.556. The molecular formula is C18H24N2O4. The molecule has 1 N–H and O–H groups in total. The Morgan fingerprint density at radius 1 is 1.42 bits per heavy atom. The Morgan fingerprint density at radius 2 is 2.25 bits per heavy atom. The van der Waals surface area contributed by atoms with E-state index in [1.54, 1.807) is 32.2 Å². The lowest BCUT2D eigenvalue weighted by Gasteiger charge is -2.30. The number of furan rings is 1. The summed E-state index contributed by atoms with van der Waals surface area (Å²) >= 11 is 0. The van der Waals surface area contributed by atoms with Gasteiger partial charge in [-0.2, -0.15) is 0 Å². The van der Waals surface area contributed by atoms with Gasteiger partial charge in [0.2, 0.25) is 5.76 Å². The Balaban J connectivity index is 1.79. The van der Waals surface area contributed by atoms with E-state index < -0.39 is 6.10 Å². The van der Waals surface area contributed by atoms with Crippen molar-refractivity contribution >= 4 is 5.91 Å². The number of hydrogen-bond acceptors (Lipinski definition) is 5. The molecule has 1 aliphatic rings. The predicted molar refractivity (Wildman–Crippen MR) is 87.6 cm³/mol. The first kappa shape index (κ1) is 16.8. The van der Waals surface area contributed by atoms with Gasteiger partial charge in [0.25, 0.3) is 5.91 Å². The minimum atomic E-state index is -0.712. The Kier molecular flexibility index (Phi) is 5.04. The first-order valence-electron chi connectivity index (χ1n) is 8.52. The number of aliphatic hydroxyl groups excluding tert-OH is 1. The lowest BCUT2D eigenvalue weighted by atomic mass is 10.0. The molecule has 0 aromatic carbocycles. The zero-order valence-electron chi connectivity index (χ0n) is 14.2. The molecule has 6 heteroatoms. The maximum atomic E-state index is 13.0. The van der Waals surface area contributed by atoms with E-state index in [1.807, 2.05) is 4.90 Å². The van der Waals surface area contributed by atoms with Crippen molar-refractivity contribution in [3.05, 3.63) is 41.5 Å². The number of aromatic nitrogens is 1. The molecule has 0 unspecified atom stereocenters. The van der Waals surface area contributed by atoms with Crippen LogP contribution in [0.4, 0.5) is 0 Å². The van der Waals surface area contributed by atoms with E-state index in [4.69, 9.17) is 8.83 Å². The number of aryl methyl sites for hydroxylation is 2. The number of carbonyl (C=O) groups is 1. The average Bonchev–Trinajstić information content (AvgIpc) is 3.13. The molecule has 0 saturated carbocycles. The van der Waals surface area contributed by atoms with Gasteiger partial charge in [-0.05, 0) is 31.9 Å². The van der Waals surface area contributed by atoms with Crippen LogP contribution in [0, 0.1) is 13.8 Å². The zero-order chi connectivity index (χ0) is 17.1. The molecule has 2 aromatic heterocycles. The molecule has 0 aliphatic carbocycles. The topological polar surface area (TPSA) is 79.7 Å². The number of likely N-dealkylation sites (tertiary alicyclic amines) is 1. The van der Waals surface area contributed by atoms with Crippen LogP contribution in [0.25, 0.3) is 0 Å². The SMILES string of the molecule is Cc1nc(C)c(C(=O)N2CCCCC[C@H]2C[C@@H](O)c2ccco2)o1. The number of aliphatic hydroxyl groups is 1. The lowest BCUT2D eigenvalue weighted by Crippen LogP contribution is -2.41. The third-order valence-electron chi connectivity index (χ3n) is 4.60. The van der Waals surface area contributed by atoms with E-state index >= 15 is 0 Å². The van der Waals surface area contributed by atoms with Crippen LogP contribution < -0.4 is 0 Å². The molecule has 0 bridgehead atoms. The molecule has 1 saturated heterocycles. The fourth-order valence-electron chi connectivity index (χ4n) is 3.40. The van der Waals surface area contributed by atoms with Crippen LogP contribution in [0.1, 0.15) is 66.1 Å². The summed E-state index contributed by atoms with van der Waals surface area (Å²) < 4.78 is 10.8. The summed E-state index contributed by atoms with van der Waals surface area (Å²) in [5.41, 5.74) is 0.618. The third kappa shape index (κ3) is 3.53.